The Morgan fingerprint density at radius 2 is 2.15 bits per heavy atom. The summed E-state index contributed by atoms with van der Waals surface area (Å²) in [4.78, 5) is 23.9. The van der Waals surface area contributed by atoms with Gasteiger partial charge in [0.1, 0.15) is 11.3 Å². The van der Waals surface area contributed by atoms with Gasteiger partial charge in [-0.05, 0) is 19.1 Å². The van der Waals surface area contributed by atoms with Crippen molar-refractivity contribution in [2.24, 2.45) is 5.92 Å². The van der Waals surface area contributed by atoms with Crippen molar-refractivity contribution in [3.63, 3.8) is 0 Å². The molecule has 0 aliphatic heterocycles. The predicted octanol–water partition coefficient (Wildman–Crippen LogP) is 1.71. The van der Waals surface area contributed by atoms with Crippen molar-refractivity contribution in [1.29, 1.82) is 5.26 Å². The fraction of sp³-hybridized carbons (Fsp3) is 0.308. The van der Waals surface area contributed by atoms with Crippen LogP contribution >= 0.6 is 0 Å². The van der Waals surface area contributed by atoms with E-state index in [1.165, 1.54) is 24.1 Å². The summed E-state index contributed by atoms with van der Waals surface area (Å²) < 4.78 is 0. The van der Waals surface area contributed by atoms with Gasteiger partial charge in [0.15, 0.2) is 0 Å². The molecule has 0 spiro atoms. The van der Waals surface area contributed by atoms with E-state index < -0.39 is 17.7 Å². The number of hydrogen-bond acceptors (Lipinski definition) is 4. The highest BCUT2D eigenvalue weighted by Crippen LogP contribution is 2.22. The number of aromatic hydroxyl groups is 1. The third-order valence-corrected chi connectivity index (χ3v) is 2.59. The molecule has 2 amide bonds. The molecule has 7 heteroatoms. The second-order valence-corrected chi connectivity index (χ2v) is 4.38. The first kappa shape index (κ1) is 15.3. The second-order valence-electron chi connectivity index (χ2n) is 4.38. The molecule has 20 heavy (non-hydrogen) atoms. The minimum Gasteiger partial charge on any atom is -0.507 e. The van der Waals surface area contributed by atoms with Crippen LogP contribution < -0.4 is 5.32 Å². The van der Waals surface area contributed by atoms with Crippen molar-refractivity contribution in [2.45, 2.75) is 6.92 Å². The van der Waals surface area contributed by atoms with Crippen molar-refractivity contribution in [3.05, 3.63) is 23.8 Å². The quantitative estimate of drug-likeness (QED) is 0.775. The van der Waals surface area contributed by atoms with Gasteiger partial charge in [-0.3, -0.25) is 0 Å². The number of phenols is 1. The molecule has 1 aromatic carbocycles. The Morgan fingerprint density at radius 3 is 2.65 bits per heavy atom. The molecule has 1 unspecified atom stereocenters. The summed E-state index contributed by atoms with van der Waals surface area (Å²) in [6.07, 6.45) is 0. The van der Waals surface area contributed by atoms with Crippen LogP contribution in [0.3, 0.4) is 0 Å². The smallest absolute Gasteiger partial charge is 0.339 e. The summed E-state index contributed by atoms with van der Waals surface area (Å²) in [6.45, 7) is 1.96. The highest BCUT2D eigenvalue weighted by Gasteiger charge is 2.14. The molecule has 0 radical (unpaired) electrons. The molecule has 0 saturated heterocycles. The molecule has 1 rings (SSSR count). The molecular formula is C13H15N3O4. The third kappa shape index (κ3) is 3.88. The Labute approximate surface area is 116 Å². The standard InChI is InChI=1S/C13H15N3O4/c1-8(6-14)7-16(2)13(20)15-9-3-4-10(12(18)19)11(17)5-9/h3-5,8,17H,7H2,1-2H3,(H,15,20)(H,18,19). The summed E-state index contributed by atoms with van der Waals surface area (Å²) in [7, 11) is 1.54. The number of aromatic carboxylic acids is 1. The number of carbonyl (C=O) groups excluding carboxylic acids is 1. The zero-order chi connectivity index (χ0) is 15.3. The summed E-state index contributed by atoms with van der Waals surface area (Å²) >= 11 is 0. The van der Waals surface area contributed by atoms with Gasteiger partial charge in [0, 0.05) is 25.3 Å². The number of nitrogens with zero attached hydrogens (tertiary/aromatic N) is 2. The number of nitriles is 1. The van der Waals surface area contributed by atoms with E-state index in [0.717, 1.165) is 6.07 Å². The van der Waals surface area contributed by atoms with Gasteiger partial charge in [0.05, 0.1) is 12.0 Å². The minimum atomic E-state index is -1.25. The number of benzene rings is 1. The van der Waals surface area contributed by atoms with E-state index in [-0.39, 0.29) is 23.7 Å². The number of hydrogen-bond donors (Lipinski definition) is 3. The molecule has 1 atom stereocenters. The van der Waals surface area contributed by atoms with Gasteiger partial charge in [-0.25, -0.2) is 9.59 Å². The first-order valence-corrected chi connectivity index (χ1v) is 5.83. The van der Waals surface area contributed by atoms with Crippen molar-refractivity contribution in [1.82, 2.24) is 4.90 Å². The van der Waals surface area contributed by atoms with Crippen LogP contribution in [0.5, 0.6) is 5.75 Å². The number of carboxylic acid groups (broad SMARTS) is 1. The van der Waals surface area contributed by atoms with Crippen molar-refractivity contribution < 1.29 is 19.8 Å². The summed E-state index contributed by atoms with van der Waals surface area (Å²) in [5.74, 6) is -1.97. The number of nitrogens with one attached hydrogen (secondary N) is 1. The van der Waals surface area contributed by atoms with Crippen LogP contribution in [0.2, 0.25) is 0 Å². The molecule has 0 aliphatic carbocycles. The maximum atomic E-state index is 11.8. The summed E-state index contributed by atoms with van der Waals surface area (Å²) in [5.41, 5.74) is 0.0309. The van der Waals surface area contributed by atoms with E-state index in [0.29, 0.717) is 0 Å². The first-order chi connectivity index (χ1) is 9.35. The number of carbonyl (C=O) groups is 2. The van der Waals surface area contributed by atoms with Gasteiger partial charge in [-0.2, -0.15) is 5.26 Å². The van der Waals surface area contributed by atoms with Crippen LogP contribution in [0.25, 0.3) is 0 Å². The fourth-order valence-corrected chi connectivity index (χ4v) is 1.54. The Balaban J connectivity index is 2.74. The molecule has 0 aromatic heterocycles. The molecule has 0 aliphatic rings. The normalized spacial score (nSPS) is 11.2. The van der Waals surface area contributed by atoms with Crippen LogP contribution in [0, 0.1) is 17.2 Å². The molecule has 3 N–H and O–H groups in total. The van der Waals surface area contributed by atoms with Crippen LogP contribution in [-0.4, -0.2) is 40.7 Å². The van der Waals surface area contributed by atoms with E-state index in [1.807, 2.05) is 6.07 Å². The van der Waals surface area contributed by atoms with Gasteiger partial charge >= 0.3 is 12.0 Å². The van der Waals surface area contributed by atoms with E-state index >= 15 is 0 Å². The van der Waals surface area contributed by atoms with Crippen LogP contribution in [-0.2, 0) is 0 Å². The van der Waals surface area contributed by atoms with E-state index in [9.17, 15) is 14.7 Å². The highest BCUT2D eigenvalue weighted by atomic mass is 16.4. The van der Waals surface area contributed by atoms with Crippen LogP contribution in [0.4, 0.5) is 10.5 Å². The lowest BCUT2D eigenvalue weighted by molar-refractivity contribution is 0.0694. The molecule has 0 heterocycles. The SMILES string of the molecule is CC(C#N)CN(C)C(=O)Nc1ccc(C(=O)O)c(O)c1. The summed E-state index contributed by atoms with van der Waals surface area (Å²) in [5, 5.41) is 29.5. The highest BCUT2D eigenvalue weighted by molar-refractivity contribution is 5.93. The molecule has 0 bridgehead atoms. The molecular weight excluding hydrogens is 262 g/mol. The zero-order valence-corrected chi connectivity index (χ0v) is 11.1. The second kappa shape index (κ2) is 6.43. The van der Waals surface area contributed by atoms with Gasteiger partial charge in [-0.15, -0.1) is 0 Å². The lowest BCUT2D eigenvalue weighted by Gasteiger charge is -2.19. The summed E-state index contributed by atoms with van der Waals surface area (Å²) in [6, 6.07) is 5.30. The Morgan fingerprint density at radius 1 is 1.50 bits per heavy atom. The number of urea groups is 1. The van der Waals surface area contributed by atoms with Crippen LogP contribution in [0.1, 0.15) is 17.3 Å². The van der Waals surface area contributed by atoms with Crippen molar-refractivity contribution in [3.8, 4) is 11.8 Å². The van der Waals surface area contributed by atoms with Crippen LogP contribution in [0.15, 0.2) is 18.2 Å². The Bertz CT molecular complexity index is 565. The number of anilines is 1. The van der Waals surface area contributed by atoms with E-state index in [4.69, 9.17) is 10.4 Å². The topological polar surface area (TPSA) is 114 Å². The van der Waals surface area contributed by atoms with Gasteiger partial charge in [-0.1, -0.05) is 0 Å². The monoisotopic (exact) mass is 277 g/mol. The lowest BCUT2D eigenvalue weighted by Crippen LogP contribution is -2.34. The number of carboxylic acids is 1. The first-order valence-electron chi connectivity index (χ1n) is 5.83. The Hall–Kier alpha value is -2.75. The minimum absolute atomic E-state index is 0.241. The molecule has 1 aromatic rings. The zero-order valence-electron chi connectivity index (χ0n) is 11.1. The third-order valence-electron chi connectivity index (χ3n) is 2.59. The molecule has 0 fully saturated rings. The average molecular weight is 277 g/mol. The Kier molecular flexibility index (Phi) is 4.92. The van der Waals surface area contributed by atoms with Gasteiger partial charge in [0.25, 0.3) is 0 Å². The van der Waals surface area contributed by atoms with E-state index in [1.54, 1.807) is 6.92 Å². The lowest BCUT2D eigenvalue weighted by atomic mass is 10.2. The maximum absolute atomic E-state index is 11.8. The van der Waals surface area contributed by atoms with Gasteiger partial charge < -0.3 is 20.4 Å². The maximum Gasteiger partial charge on any atom is 0.339 e. The van der Waals surface area contributed by atoms with Crippen molar-refractivity contribution in [2.75, 3.05) is 18.9 Å². The number of rotatable bonds is 4. The van der Waals surface area contributed by atoms with E-state index in [2.05, 4.69) is 5.32 Å². The average Bonchev–Trinajstić information content (AvgIpc) is 2.37. The predicted molar refractivity (Wildman–Crippen MR) is 71.5 cm³/mol. The van der Waals surface area contributed by atoms with Crippen molar-refractivity contribution >= 4 is 17.7 Å². The number of amides is 2. The molecule has 106 valence electrons. The largest absolute Gasteiger partial charge is 0.507 e. The molecule has 7 nitrogen and oxygen atoms in total. The molecule has 0 saturated carbocycles. The fourth-order valence-electron chi connectivity index (χ4n) is 1.54. The van der Waals surface area contributed by atoms with Gasteiger partial charge in [0.2, 0.25) is 0 Å².